The Labute approximate surface area is 168 Å². The van der Waals surface area contributed by atoms with Crippen molar-refractivity contribution in [3.05, 3.63) is 75.7 Å². The van der Waals surface area contributed by atoms with Gasteiger partial charge in [-0.3, -0.25) is 4.79 Å². The molecule has 2 aromatic carbocycles. The Bertz CT molecular complexity index is 1060. The molecule has 0 saturated carbocycles. The molecular weight excluding hydrogens is 374 g/mol. The van der Waals surface area contributed by atoms with E-state index in [1.165, 1.54) is 0 Å². The van der Waals surface area contributed by atoms with Crippen LogP contribution in [0.15, 0.2) is 42.5 Å². The fourth-order valence-corrected chi connectivity index (χ4v) is 3.14. The van der Waals surface area contributed by atoms with E-state index in [0.29, 0.717) is 27.9 Å². The Kier molecular flexibility index (Phi) is 5.57. The number of carbonyl (C=O) groups is 1. The van der Waals surface area contributed by atoms with E-state index in [-0.39, 0.29) is 11.6 Å². The van der Waals surface area contributed by atoms with E-state index in [2.05, 4.69) is 26.7 Å². The normalized spacial score (nSPS) is 10.2. The number of aromatic nitrogens is 2. The van der Waals surface area contributed by atoms with E-state index in [1.807, 2.05) is 19.9 Å². The maximum atomic E-state index is 12.7. The van der Waals surface area contributed by atoms with Crippen molar-refractivity contribution in [2.45, 2.75) is 20.8 Å². The summed E-state index contributed by atoms with van der Waals surface area (Å²) in [5, 5.41) is 15.3. The summed E-state index contributed by atoms with van der Waals surface area (Å²) in [6, 6.07) is 14.3. The molecule has 6 nitrogen and oxygen atoms in total. The number of anilines is 3. The first-order valence-corrected chi connectivity index (χ1v) is 8.94. The first kappa shape index (κ1) is 19.3. The predicted octanol–water partition coefficient (Wildman–Crippen LogP) is 4.92. The van der Waals surface area contributed by atoms with Gasteiger partial charge in [0.15, 0.2) is 0 Å². The number of halogens is 1. The second kappa shape index (κ2) is 8.07. The third kappa shape index (κ3) is 4.45. The van der Waals surface area contributed by atoms with E-state index in [9.17, 15) is 4.79 Å². The van der Waals surface area contributed by atoms with Gasteiger partial charge >= 0.3 is 0 Å². The molecule has 0 fully saturated rings. The van der Waals surface area contributed by atoms with Crippen LogP contribution in [0.1, 0.15) is 33.0 Å². The Balaban J connectivity index is 1.84. The van der Waals surface area contributed by atoms with Gasteiger partial charge in [-0.05, 0) is 62.2 Å². The van der Waals surface area contributed by atoms with Gasteiger partial charge in [0.2, 0.25) is 0 Å². The van der Waals surface area contributed by atoms with Crippen LogP contribution in [0.25, 0.3) is 0 Å². The van der Waals surface area contributed by atoms with Crippen LogP contribution in [0.3, 0.4) is 0 Å². The van der Waals surface area contributed by atoms with Crippen LogP contribution in [0, 0.1) is 32.1 Å². The highest BCUT2D eigenvalue weighted by Gasteiger charge is 2.14. The zero-order valence-corrected chi connectivity index (χ0v) is 16.4. The van der Waals surface area contributed by atoms with Gasteiger partial charge in [0.05, 0.1) is 22.3 Å². The summed E-state index contributed by atoms with van der Waals surface area (Å²) in [6.07, 6.45) is 0. The van der Waals surface area contributed by atoms with Crippen LogP contribution < -0.4 is 10.6 Å². The number of aryl methyl sites for hydroxylation is 3. The average Bonchev–Trinajstić information content (AvgIpc) is 2.64. The van der Waals surface area contributed by atoms with Crippen molar-refractivity contribution in [1.29, 1.82) is 5.26 Å². The Morgan fingerprint density at radius 2 is 1.79 bits per heavy atom. The number of carbonyl (C=O) groups excluding carboxylic acids is 1. The van der Waals surface area contributed by atoms with E-state index in [0.717, 1.165) is 16.8 Å². The molecule has 0 aliphatic carbocycles. The van der Waals surface area contributed by atoms with Gasteiger partial charge in [0, 0.05) is 11.8 Å². The number of amides is 1. The van der Waals surface area contributed by atoms with Crippen molar-refractivity contribution in [2.24, 2.45) is 0 Å². The summed E-state index contributed by atoms with van der Waals surface area (Å²) in [6.45, 7) is 5.54. The number of nitrogens with one attached hydrogen (secondary N) is 2. The average molecular weight is 392 g/mol. The Hall–Kier alpha value is -3.43. The van der Waals surface area contributed by atoms with Gasteiger partial charge in [0.25, 0.3) is 5.91 Å². The number of nitrogens with zero attached hydrogens (tertiary/aromatic N) is 3. The van der Waals surface area contributed by atoms with E-state index < -0.39 is 0 Å². The maximum absolute atomic E-state index is 12.7. The minimum absolute atomic E-state index is 0.222. The van der Waals surface area contributed by atoms with E-state index >= 15 is 0 Å². The number of benzene rings is 2. The van der Waals surface area contributed by atoms with Gasteiger partial charge < -0.3 is 10.6 Å². The van der Waals surface area contributed by atoms with Crippen LogP contribution in [0.5, 0.6) is 0 Å². The molecule has 1 aromatic heterocycles. The molecule has 0 unspecified atom stereocenters. The maximum Gasteiger partial charge on any atom is 0.274 e. The molecule has 3 rings (SSSR count). The second-order valence-electron chi connectivity index (χ2n) is 6.39. The molecule has 3 aromatic rings. The topological polar surface area (TPSA) is 90.7 Å². The zero-order valence-electron chi connectivity index (χ0n) is 15.7. The lowest BCUT2D eigenvalue weighted by molar-refractivity contribution is 0.102. The highest BCUT2D eigenvalue weighted by Crippen LogP contribution is 2.28. The largest absolute Gasteiger partial charge is 0.340 e. The molecule has 2 N–H and O–H groups in total. The summed E-state index contributed by atoms with van der Waals surface area (Å²) in [7, 11) is 0. The number of hydrogen-bond acceptors (Lipinski definition) is 5. The zero-order chi connectivity index (χ0) is 20.3. The highest BCUT2D eigenvalue weighted by molar-refractivity contribution is 6.34. The standard InChI is InChI=1S/C21H18ClN5O/c1-12-8-13(2)20(17(22)9-12)27-21(28)18-10-19(25-14(3)24-18)26-16-6-4-15(11-23)5-7-16/h4-10H,1-3H3,(H,27,28)(H,24,25,26). The number of rotatable bonds is 4. The lowest BCUT2D eigenvalue weighted by atomic mass is 10.1. The molecule has 1 amide bonds. The first-order chi connectivity index (χ1) is 13.4. The molecule has 0 aliphatic rings. The summed E-state index contributed by atoms with van der Waals surface area (Å²) in [4.78, 5) is 21.3. The highest BCUT2D eigenvalue weighted by atomic mass is 35.5. The molecule has 28 heavy (non-hydrogen) atoms. The van der Waals surface area contributed by atoms with Crippen molar-refractivity contribution in [3.8, 4) is 6.07 Å². The fourth-order valence-electron chi connectivity index (χ4n) is 2.78. The van der Waals surface area contributed by atoms with Gasteiger partial charge in [-0.1, -0.05) is 17.7 Å². The number of hydrogen-bond donors (Lipinski definition) is 2. The quantitative estimate of drug-likeness (QED) is 0.658. The molecule has 1 heterocycles. The molecule has 0 radical (unpaired) electrons. The lowest BCUT2D eigenvalue weighted by Gasteiger charge is -2.12. The minimum Gasteiger partial charge on any atom is -0.340 e. The molecule has 0 aliphatic heterocycles. The molecule has 0 spiro atoms. The van der Waals surface area contributed by atoms with Gasteiger partial charge in [0.1, 0.15) is 17.3 Å². The summed E-state index contributed by atoms with van der Waals surface area (Å²) in [5.41, 5.74) is 4.00. The third-order valence-corrected chi connectivity index (χ3v) is 4.33. The summed E-state index contributed by atoms with van der Waals surface area (Å²) < 4.78 is 0. The Morgan fingerprint density at radius 3 is 2.43 bits per heavy atom. The fraction of sp³-hybridized carbons (Fsp3) is 0.143. The van der Waals surface area contributed by atoms with Crippen molar-refractivity contribution < 1.29 is 4.79 Å². The van der Waals surface area contributed by atoms with Crippen LogP contribution in [-0.2, 0) is 0 Å². The molecule has 7 heteroatoms. The van der Waals surface area contributed by atoms with Gasteiger partial charge in [-0.2, -0.15) is 5.26 Å². The van der Waals surface area contributed by atoms with Crippen LogP contribution in [0.4, 0.5) is 17.2 Å². The van der Waals surface area contributed by atoms with Gasteiger partial charge in [-0.15, -0.1) is 0 Å². The molecular formula is C21H18ClN5O. The Morgan fingerprint density at radius 1 is 1.07 bits per heavy atom. The van der Waals surface area contributed by atoms with Crippen molar-refractivity contribution in [3.63, 3.8) is 0 Å². The van der Waals surface area contributed by atoms with Crippen molar-refractivity contribution in [1.82, 2.24) is 9.97 Å². The molecule has 0 saturated heterocycles. The number of nitriles is 1. The lowest BCUT2D eigenvalue weighted by Crippen LogP contribution is -2.16. The summed E-state index contributed by atoms with van der Waals surface area (Å²) in [5.74, 6) is 0.562. The van der Waals surface area contributed by atoms with Crippen LogP contribution in [-0.4, -0.2) is 15.9 Å². The summed E-state index contributed by atoms with van der Waals surface area (Å²) >= 11 is 6.28. The van der Waals surface area contributed by atoms with Crippen LogP contribution >= 0.6 is 11.6 Å². The minimum atomic E-state index is -0.373. The predicted molar refractivity (Wildman–Crippen MR) is 110 cm³/mol. The second-order valence-corrected chi connectivity index (χ2v) is 6.80. The van der Waals surface area contributed by atoms with Crippen molar-refractivity contribution >= 4 is 34.7 Å². The monoisotopic (exact) mass is 391 g/mol. The SMILES string of the molecule is Cc1cc(C)c(NC(=O)c2cc(Nc3ccc(C#N)cc3)nc(C)n2)c(Cl)c1. The smallest absolute Gasteiger partial charge is 0.274 e. The van der Waals surface area contributed by atoms with Crippen LogP contribution in [0.2, 0.25) is 5.02 Å². The van der Waals surface area contributed by atoms with E-state index in [1.54, 1.807) is 43.3 Å². The molecule has 140 valence electrons. The first-order valence-electron chi connectivity index (χ1n) is 8.56. The molecule has 0 atom stereocenters. The van der Waals surface area contributed by atoms with Gasteiger partial charge in [-0.25, -0.2) is 9.97 Å². The third-order valence-electron chi connectivity index (χ3n) is 4.03. The molecule has 0 bridgehead atoms. The van der Waals surface area contributed by atoms with E-state index in [4.69, 9.17) is 16.9 Å². The van der Waals surface area contributed by atoms with Crippen molar-refractivity contribution in [2.75, 3.05) is 10.6 Å².